The number of hydrogen-bond acceptors (Lipinski definition) is 2. The van der Waals surface area contributed by atoms with Gasteiger partial charge in [0, 0.05) is 8.96 Å². The Morgan fingerprint density at radius 2 is 1.55 bits per heavy atom. The lowest BCUT2D eigenvalue weighted by molar-refractivity contribution is 0.605. The van der Waals surface area contributed by atoms with Crippen LogP contribution in [0.4, 0.5) is 0 Å². The molecule has 0 bridgehead atoms. The van der Waals surface area contributed by atoms with E-state index in [1.54, 1.807) is 24.3 Å². The van der Waals surface area contributed by atoms with E-state index < -0.39 is 9.84 Å². The van der Waals surface area contributed by atoms with E-state index in [1.807, 2.05) is 31.2 Å². The molecule has 0 N–H and O–H groups in total. The van der Waals surface area contributed by atoms with E-state index in [0.717, 1.165) is 15.6 Å². The number of halogens is 2. The van der Waals surface area contributed by atoms with Crippen molar-refractivity contribution >= 4 is 46.2 Å². The smallest absolute Gasteiger partial charge is 0.200 e. The monoisotopic (exact) mass is 414 g/mol. The first-order chi connectivity index (χ1) is 9.38. The molecule has 0 aliphatic rings. The quantitative estimate of drug-likeness (QED) is 0.712. The zero-order valence-electron chi connectivity index (χ0n) is 10.7. The molecule has 5 heteroatoms. The van der Waals surface area contributed by atoms with Crippen molar-refractivity contribution in [2.24, 2.45) is 0 Å². The maximum atomic E-state index is 12.3. The maximum Gasteiger partial charge on any atom is 0.200 e. The molecule has 0 spiro atoms. The molecule has 0 radical (unpaired) electrons. The Morgan fingerprint density at radius 1 is 1.00 bits per heavy atom. The van der Waals surface area contributed by atoms with Crippen molar-refractivity contribution in [3.63, 3.8) is 0 Å². The van der Waals surface area contributed by atoms with Gasteiger partial charge in [0.15, 0.2) is 0 Å². The van der Waals surface area contributed by atoms with Crippen LogP contribution in [0, 0.1) is 6.92 Å². The van der Waals surface area contributed by atoms with Gasteiger partial charge in [0.1, 0.15) is 0 Å². The summed E-state index contributed by atoms with van der Waals surface area (Å²) in [5, 5.41) is 1.24. The predicted molar refractivity (Wildman–Crippen MR) is 89.4 cm³/mol. The number of hydrogen-bond donors (Lipinski definition) is 0. The second-order valence-corrected chi connectivity index (χ2v) is 7.90. The van der Waals surface area contributed by atoms with Gasteiger partial charge in [0.2, 0.25) is 9.84 Å². The molecule has 0 atom stereocenters. The van der Waals surface area contributed by atoms with Crippen molar-refractivity contribution in [1.29, 1.82) is 0 Å². The molecule has 2 aromatic carbocycles. The molecular weight excluding hydrogens is 404 g/mol. The maximum absolute atomic E-state index is 12.3. The first-order valence-corrected chi connectivity index (χ1v) is 8.96. The number of rotatable bonds is 3. The third kappa shape index (κ3) is 3.81. The summed E-state index contributed by atoms with van der Waals surface area (Å²) < 4.78 is 26.0. The minimum Gasteiger partial charge on any atom is -0.219 e. The van der Waals surface area contributed by atoms with Crippen molar-refractivity contribution in [2.45, 2.75) is 11.8 Å². The Bertz CT molecular complexity index is 730. The van der Waals surface area contributed by atoms with Crippen molar-refractivity contribution in [3.8, 4) is 0 Å². The fourth-order valence-corrected chi connectivity index (χ4v) is 3.94. The van der Waals surface area contributed by atoms with Gasteiger partial charge in [-0.2, -0.15) is 0 Å². The van der Waals surface area contributed by atoms with Crippen LogP contribution in [0.5, 0.6) is 0 Å². The lowest BCUT2D eigenvalue weighted by Gasteiger charge is -2.03. The average molecular weight is 416 g/mol. The zero-order chi connectivity index (χ0) is 14.8. The van der Waals surface area contributed by atoms with Crippen LogP contribution < -0.4 is 0 Å². The molecule has 2 rings (SSSR count). The van der Waals surface area contributed by atoms with Gasteiger partial charge >= 0.3 is 0 Å². The van der Waals surface area contributed by atoms with Crippen LogP contribution in [0.1, 0.15) is 11.1 Å². The Hall–Kier alpha value is -0.910. The lowest BCUT2D eigenvalue weighted by Crippen LogP contribution is -1.97. The van der Waals surface area contributed by atoms with Gasteiger partial charge in [0.25, 0.3) is 0 Å². The van der Waals surface area contributed by atoms with Crippen molar-refractivity contribution in [3.05, 3.63) is 69.5 Å². The summed E-state index contributed by atoms with van der Waals surface area (Å²) in [6, 6.07) is 14.2. The highest BCUT2D eigenvalue weighted by atomic mass is 79.9. The Morgan fingerprint density at radius 3 is 2.10 bits per heavy atom. The molecule has 104 valence electrons. The minimum absolute atomic E-state index is 0.289. The lowest BCUT2D eigenvalue weighted by atomic mass is 10.2. The van der Waals surface area contributed by atoms with Crippen LogP contribution in [0.3, 0.4) is 0 Å². The van der Waals surface area contributed by atoms with Crippen LogP contribution in [0.25, 0.3) is 4.48 Å². The summed E-state index contributed by atoms with van der Waals surface area (Å²) in [6.45, 7) is 1.92. The van der Waals surface area contributed by atoms with Crippen molar-refractivity contribution in [1.82, 2.24) is 0 Å². The Balaban J connectivity index is 2.37. The fraction of sp³-hybridized carbons (Fsp3) is 0.0667. The van der Waals surface area contributed by atoms with Crippen molar-refractivity contribution in [2.75, 3.05) is 0 Å². The number of benzene rings is 2. The standard InChI is InChI=1S/C15H12Br2O2S/c1-11-2-8-14(9-3-11)20(18,19)10-15(17)12-4-6-13(16)7-5-12/h2-10H,1H3/b15-10+. The van der Waals surface area contributed by atoms with Gasteiger partial charge in [-0.05, 0) is 52.7 Å². The Kier molecular flexibility index (Phi) is 4.83. The molecular formula is C15H12Br2O2S. The van der Waals surface area contributed by atoms with Gasteiger partial charge in [-0.25, -0.2) is 8.42 Å². The highest BCUT2D eigenvalue weighted by molar-refractivity contribution is 9.15. The van der Waals surface area contributed by atoms with Crippen LogP contribution in [-0.4, -0.2) is 8.42 Å². The normalized spacial score (nSPS) is 12.4. The molecule has 0 aromatic heterocycles. The summed E-state index contributed by atoms with van der Waals surface area (Å²) in [5.74, 6) is 0. The van der Waals surface area contributed by atoms with E-state index in [0.29, 0.717) is 4.48 Å². The summed E-state index contributed by atoms with van der Waals surface area (Å²) in [5.41, 5.74) is 1.84. The van der Waals surface area contributed by atoms with Crippen LogP contribution in [0.2, 0.25) is 0 Å². The molecule has 0 unspecified atom stereocenters. The fourth-order valence-electron chi connectivity index (χ4n) is 1.61. The van der Waals surface area contributed by atoms with Gasteiger partial charge < -0.3 is 0 Å². The van der Waals surface area contributed by atoms with E-state index in [9.17, 15) is 8.42 Å². The van der Waals surface area contributed by atoms with E-state index in [1.165, 1.54) is 5.41 Å². The second kappa shape index (κ2) is 6.24. The first-order valence-electron chi connectivity index (χ1n) is 5.83. The van der Waals surface area contributed by atoms with Crippen LogP contribution in [0.15, 0.2) is 63.3 Å². The Labute approximate surface area is 135 Å². The van der Waals surface area contributed by atoms with Crippen LogP contribution >= 0.6 is 31.9 Å². The summed E-state index contributed by atoms with van der Waals surface area (Å²) in [4.78, 5) is 0.289. The second-order valence-electron chi connectivity index (χ2n) is 4.33. The number of sulfone groups is 1. The van der Waals surface area contributed by atoms with Gasteiger partial charge in [-0.15, -0.1) is 0 Å². The molecule has 2 aromatic rings. The predicted octanol–water partition coefficient (Wildman–Crippen LogP) is 4.92. The third-order valence-corrected chi connectivity index (χ3v) is 5.72. The van der Waals surface area contributed by atoms with E-state index in [-0.39, 0.29) is 4.90 Å². The van der Waals surface area contributed by atoms with Crippen LogP contribution in [-0.2, 0) is 9.84 Å². The SMILES string of the molecule is Cc1ccc(S(=O)(=O)/C=C(/Br)c2ccc(Br)cc2)cc1. The first kappa shape index (κ1) is 15.5. The molecule has 0 amide bonds. The van der Waals surface area contributed by atoms with E-state index in [4.69, 9.17) is 0 Å². The molecule has 0 fully saturated rings. The van der Waals surface area contributed by atoms with Crippen molar-refractivity contribution < 1.29 is 8.42 Å². The highest BCUT2D eigenvalue weighted by Crippen LogP contribution is 2.26. The molecule has 0 aliphatic carbocycles. The van der Waals surface area contributed by atoms with Gasteiger partial charge in [-0.3, -0.25) is 0 Å². The summed E-state index contributed by atoms with van der Waals surface area (Å²) in [6.07, 6.45) is 0. The van der Waals surface area contributed by atoms with Gasteiger partial charge in [-0.1, -0.05) is 45.8 Å². The summed E-state index contributed by atoms with van der Waals surface area (Å²) >= 11 is 6.67. The molecule has 0 saturated carbocycles. The molecule has 0 aliphatic heterocycles. The molecule has 20 heavy (non-hydrogen) atoms. The van der Waals surface area contributed by atoms with E-state index >= 15 is 0 Å². The summed E-state index contributed by atoms with van der Waals surface area (Å²) in [7, 11) is -3.46. The third-order valence-electron chi connectivity index (χ3n) is 2.73. The van der Waals surface area contributed by atoms with E-state index in [2.05, 4.69) is 31.9 Å². The average Bonchev–Trinajstić information content (AvgIpc) is 2.39. The highest BCUT2D eigenvalue weighted by Gasteiger charge is 2.12. The molecule has 0 saturated heterocycles. The number of aryl methyl sites for hydroxylation is 1. The largest absolute Gasteiger partial charge is 0.219 e. The van der Waals surface area contributed by atoms with Gasteiger partial charge in [0.05, 0.1) is 10.3 Å². The minimum atomic E-state index is -3.46. The molecule has 0 heterocycles. The molecule has 2 nitrogen and oxygen atoms in total. The topological polar surface area (TPSA) is 34.1 Å². The zero-order valence-corrected chi connectivity index (χ0v) is 14.7.